The standard InChI is InChI=1S/C11H13N5O.CH3F/c1-6-7(3-17)2-8(6)16-5-15-9-10(12)13-4-14-11(9)16;1-2/h4-5,7-8,17H,1-3H2,(H2,12,13,14);1H3. The van der Waals surface area contributed by atoms with Gasteiger partial charge in [-0.3, -0.25) is 4.39 Å². The van der Waals surface area contributed by atoms with E-state index in [9.17, 15) is 4.39 Å². The highest BCUT2D eigenvalue weighted by molar-refractivity contribution is 5.81. The lowest BCUT2D eigenvalue weighted by Crippen LogP contribution is -2.31. The molecule has 1 saturated carbocycles. The van der Waals surface area contributed by atoms with Crippen LogP contribution in [-0.2, 0) is 0 Å². The van der Waals surface area contributed by atoms with E-state index in [2.05, 4.69) is 21.5 Å². The summed E-state index contributed by atoms with van der Waals surface area (Å²) >= 11 is 0. The fourth-order valence-corrected chi connectivity index (χ4v) is 2.27. The minimum atomic E-state index is 0.152. The first-order valence-corrected chi connectivity index (χ1v) is 5.82. The van der Waals surface area contributed by atoms with Crippen molar-refractivity contribution < 1.29 is 9.50 Å². The summed E-state index contributed by atoms with van der Waals surface area (Å²) in [6.45, 7) is 4.15. The smallest absolute Gasteiger partial charge is 0.165 e. The Morgan fingerprint density at radius 2 is 2.21 bits per heavy atom. The molecule has 2 aromatic rings. The van der Waals surface area contributed by atoms with E-state index in [4.69, 9.17) is 10.8 Å². The molecule has 0 bridgehead atoms. The van der Waals surface area contributed by atoms with E-state index < -0.39 is 0 Å². The van der Waals surface area contributed by atoms with Gasteiger partial charge in [-0.05, 0) is 12.0 Å². The van der Waals surface area contributed by atoms with Crippen LogP contribution in [0.25, 0.3) is 11.2 Å². The van der Waals surface area contributed by atoms with Gasteiger partial charge in [-0.15, -0.1) is 0 Å². The Morgan fingerprint density at radius 3 is 2.84 bits per heavy atom. The molecule has 3 N–H and O–H groups in total. The van der Waals surface area contributed by atoms with Gasteiger partial charge in [0.05, 0.1) is 19.5 Å². The summed E-state index contributed by atoms with van der Waals surface area (Å²) in [6.07, 6.45) is 4.00. The second-order valence-electron chi connectivity index (χ2n) is 4.29. The van der Waals surface area contributed by atoms with E-state index in [0.29, 0.717) is 18.5 Å². The third-order valence-corrected chi connectivity index (χ3v) is 3.40. The number of nitrogens with zero attached hydrogens (tertiary/aromatic N) is 4. The van der Waals surface area contributed by atoms with Crippen molar-refractivity contribution in [3.05, 3.63) is 24.8 Å². The maximum atomic E-state index is 9.50. The molecule has 0 spiro atoms. The number of aliphatic hydroxyl groups excluding tert-OH is 1. The summed E-state index contributed by atoms with van der Waals surface area (Å²) < 4.78 is 11.4. The van der Waals surface area contributed by atoms with Crippen molar-refractivity contribution in [2.75, 3.05) is 19.5 Å². The highest BCUT2D eigenvalue weighted by Gasteiger charge is 2.35. The van der Waals surface area contributed by atoms with E-state index in [1.165, 1.54) is 6.33 Å². The van der Waals surface area contributed by atoms with Gasteiger partial charge in [0.1, 0.15) is 11.8 Å². The molecule has 0 amide bonds. The van der Waals surface area contributed by atoms with E-state index in [1.807, 2.05) is 4.57 Å². The number of aliphatic hydroxyl groups is 1. The van der Waals surface area contributed by atoms with Crippen molar-refractivity contribution in [2.24, 2.45) is 5.92 Å². The zero-order valence-electron chi connectivity index (χ0n) is 10.6. The van der Waals surface area contributed by atoms with Crippen molar-refractivity contribution in [1.82, 2.24) is 19.5 Å². The maximum absolute atomic E-state index is 9.50. The van der Waals surface area contributed by atoms with Crippen molar-refractivity contribution in [3.63, 3.8) is 0 Å². The predicted octanol–water partition coefficient (Wildman–Crippen LogP) is 1.10. The summed E-state index contributed by atoms with van der Waals surface area (Å²) in [5.74, 6) is 0.578. The Hall–Kier alpha value is -2.02. The molecule has 0 aromatic carbocycles. The Kier molecular flexibility index (Phi) is 3.75. The number of imidazole rings is 1. The lowest BCUT2D eigenvalue weighted by atomic mass is 9.76. The SMILES string of the molecule is C=C1C(CO)CC1n1cnc2c(N)ncnc21.CF. The largest absolute Gasteiger partial charge is 0.396 e. The molecule has 2 atom stereocenters. The van der Waals surface area contributed by atoms with Crippen LogP contribution in [0, 0.1) is 5.92 Å². The van der Waals surface area contributed by atoms with Crippen molar-refractivity contribution in [1.29, 1.82) is 0 Å². The Morgan fingerprint density at radius 1 is 1.47 bits per heavy atom. The van der Waals surface area contributed by atoms with Crippen LogP contribution in [0.1, 0.15) is 12.5 Å². The molecule has 6 nitrogen and oxygen atoms in total. The fraction of sp³-hybridized carbons (Fsp3) is 0.417. The molecule has 1 aliphatic carbocycles. The molecule has 19 heavy (non-hydrogen) atoms. The summed E-state index contributed by atoms with van der Waals surface area (Å²) in [6, 6.07) is 0.159. The number of rotatable bonds is 2. The van der Waals surface area contributed by atoms with Gasteiger partial charge in [0.25, 0.3) is 0 Å². The lowest BCUT2D eigenvalue weighted by Gasteiger charge is -2.38. The van der Waals surface area contributed by atoms with E-state index in [-0.39, 0.29) is 18.6 Å². The van der Waals surface area contributed by atoms with Crippen LogP contribution in [0.2, 0.25) is 0 Å². The molecular formula is C12H16FN5O. The van der Waals surface area contributed by atoms with E-state index >= 15 is 0 Å². The van der Waals surface area contributed by atoms with Crippen LogP contribution in [-0.4, -0.2) is 38.4 Å². The maximum Gasteiger partial charge on any atom is 0.165 e. The number of alkyl halides is 1. The molecular weight excluding hydrogens is 249 g/mol. The molecule has 0 saturated heterocycles. The molecule has 2 heterocycles. The highest BCUT2D eigenvalue weighted by atomic mass is 19.1. The number of nitrogens with two attached hydrogens (primary N) is 1. The highest BCUT2D eigenvalue weighted by Crippen LogP contribution is 2.43. The molecule has 2 aromatic heterocycles. The first-order valence-electron chi connectivity index (χ1n) is 5.82. The molecule has 3 rings (SSSR count). The van der Waals surface area contributed by atoms with Crippen molar-refractivity contribution in [3.8, 4) is 0 Å². The summed E-state index contributed by atoms with van der Waals surface area (Å²) in [7, 11) is 0.500. The van der Waals surface area contributed by atoms with Crippen LogP contribution in [0.4, 0.5) is 10.2 Å². The average molecular weight is 265 g/mol. The summed E-state index contributed by atoms with van der Waals surface area (Å²) in [5, 5.41) is 9.10. The summed E-state index contributed by atoms with van der Waals surface area (Å²) in [4.78, 5) is 12.3. The Balaban J connectivity index is 0.000000637. The van der Waals surface area contributed by atoms with Crippen LogP contribution in [0.15, 0.2) is 24.8 Å². The van der Waals surface area contributed by atoms with Gasteiger partial charge in [-0.25, -0.2) is 15.0 Å². The predicted molar refractivity (Wildman–Crippen MR) is 70.1 cm³/mol. The normalized spacial score (nSPS) is 21.7. The monoisotopic (exact) mass is 265 g/mol. The number of fused-ring (bicyclic) bond motifs is 1. The summed E-state index contributed by atoms with van der Waals surface area (Å²) in [5.41, 5.74) is 8.09. The van der Waals surface area contributed by atoms with Gasteiger partial charge in [-0.2, -0.15) is 0 Å². The van der Waals surface area contributed by atoms with Crippen LogP contribution < -0.4 is 5.73 Å². The van der Waals surface area contributed by atoms with Crippen LogP contribution in [0.5, 0.6) is 0 Å². The zero-order valence-corrected chi connectivity index (χ0v) is 10.6. The number of anilines is 1. The first kappa shape index (κ1) is 13.4. The third kappa shape index (κ3) is 2.06. The topological polar surface area (TPSA) is 89.8 Å². The van der Waals surface area contributed by atoms with E-state index in [0.717, 1.165) is 17.6 Å². The minimum Gasteiger partial charge on any atom is -0.396 e. The molecule has 7 heteroatoms. The van der Waals surface area contributed by atoms with Gasteiger partial charge >= 0.3 is 0 Å². The number of nitrogen functional groups attached to an aromatic ring is 1. The van der Waals surface area contributed by atoms with Gasteiger partial charge in [-0.1, -0.05) is 6.58 Å². The third-order valence-electron chi connectivity index (χ3n) is 3.40. The molecule has 1 aliphatic rings. The molecule has 0 aliphatic heterocycles. The molecule has 1 fully saturated rings. The van der Waals surface area contributed by atoms with Crippen LogP contribution >= 0.6 is 0 Å². The Bertz CT molecular complexity index is 597. The molecule has 102 valence electrons. The molecule has 2 unspecified atom stereocenters. The number of aromatic nitrogens is 4. The first-order chi connectivity index (χ1) is 9.22. The lowest BCUT2D eigenvalue weighted by molar-refractivity contribution is 0.180. The van der Waals surface area contributed by atoms with Gasteiger partial charge in [0.15, 0.2) is 11.5 Å². The Labute approximate surface area is 109 Å². The quantitative estimate of drug-likeness (QED) is 0.794. The molecule has 0 radical (unpaired) electrons. The second-order valence-corrected chi connectivity index (χ2v) is 4.29. The van der Waals surface area contributed by atoms with Gasteiger partial charge in [0, 0.05) is 12.5 Å². The van der Waals surface area contributed by atoms with Crippen molar-refractivity contribution in [2.45, 2.75) is 12.5 Å². The van der Waals surface area contributed by atoms with E-state index in [1.54, 1.807) is 6.33 Å². The fourth-order valence-electron chi connectivity index (χ4n) is 2.27. The van der Waals surface area contributed by atoms with Gasteiger partial charge < -0.3 is 15.4 Å². The minimum absolute atomic E-state index is 0.152. The zero-order chi connectivity index (χ0) is 14.0. The van der Waals surface area contributed by atoms with Gasteiger partial charge in [0.2, 0.25) is 0 Å². The number of hydrogen-bond donors (Lipinski definition) is 2. The van der Waals surface area contributed by atoms with Crippen LogP contribution in [0.3, 0.4) is 0 Å². The van der Waals surface area contributed by atoms with Crippen molar-refractivity contribution >= 4 is 17.0 Å². The number of hydrogen-bond acceptors (Lipinski definition) is 5. The second kappa shape index (κ2) is 5.31. The average Bonchev–Trinajstić information content (AvgIpc) is 2.85. The number of halogens is 1.